The molecule has 1 rings (SSSR count). The largest absolute Gasteiger partial charge is 0.433 e. The second kappa shape index (κ2) is 5.16. The number of carbonyl (C=O) groups excluding carboxylic acids is 1. The molecule has 0 aliphatic carbocycles. The highest BCUT2D eigenvalue weighted by atomic mass is 19.4. The molecule has 0 bridgehead atoms. The maximum atomic E-state index is 12.3. The molecule has 1 atom stereocenters. The number of nitrogens with zero attached hydrogens (tertiary/aromatic N) is 1. The van der Waals surface area contributed by atoms with E-state index in [-0.39, 0.29) is 11.8 Å². The van der Waals surface area contributed by atoms with Gasteiger partial charge in [-0.15, -0.1) is 0 Å². The molecule has 0 spiro atoms. The summed E-state index contributed by atoms with van der Waals surface area (Å²) in [6.45, 7) is 3.57. The van der Waals surface area contributed by atoms with Gasteiger partial charge in [-0.05, 0) is 17.5 Å². The van der Waals surface area contributed by atoms with Gasteiger partial charge in [0.2, 0.25) is 5.91 Å². The first-order valence-corrected chi connectivity index (χ1v) is 5.08. The average molecular weight is 246 g/mol. The molecule has 1 unspecified atom stereocenters. The molecule has 0 aromatic carbocycles. The van der Waals surface area contributed by atoms with Gasteiger partial charge in [-0.25, -0.2) is 0 Å². The van der Waals surface area contributed by atoms with Crippen molar-refractivity contribution in [1.82, 2.24) is 10.3 Å². The predicted molar refractivity (Wildman–Crippen MR) is 56.3 cm³/mol. The molecular formula is C11H13F3N2O. The highest BCUT2D eigenvalue weighted by Gasteiger charge is 2.32. The van der Waals surface area contributed by atoms with Crippen LogP contribution in [0, 0.1) is 0 Å². The van der Waals surface area contributed by atoms with E-state index in [0.717, 1.165) is 6.07 Å². The van der Waals surface area contributed by atoms with Gasteiger partial charge in [0.15, 0.2) is 0 Å². The highest BCUT2D eigenvalue weighted by Crippen LogP contribution is 2.28. The third-order valence-electron chi connectivity index (χ3n) is 2.30. The Kier molecular flexibility index (Phi) is 4.09. The molecule has 0 fully saturated rings. The fourth-order valence-corrected chi connectivity index (χ4v) is 1.28. The van der Waals surface area contributed by atoms with Gasteiger partial charge >= 0.3 is 6.18 Å². The van der Waals surface area contributed by atoms with Crippen LogP contribution in [0.25, 0.3) is 0 Å². The van der Waals surface area contributed by atoms with Crippen molar-refractivity contribution in [2.24, 2.45) is 0 Å². The predicted octanol–water partition coefficient (Wildman–Crippen LogP) is 2.34. The van der Waals surface area contributed by atoms with Crippen molar-refractivity contribution in [3.05, 3.63) is 29.6 Å². The number of rotatable bonds is 3. The number of hydrogen-bond donors (Lipinski definition) is 1. The number of hydrogen-bond acceptors (Lipinski definition) is 2. The molecule has 17 heavy (non-hydrogen) atoms. The van der Waals surface area contributed by atoms with Gasteiger partial charge in [-0.3, -0.25) is 9.78 Å². The maximum absolute atomic E-state index is 12.3. The van der Waals surface area contributed by atoms with Crippen molar-refractivity contribution in [3.63, 3.8) is 0 Å². The first kappa shape index (κ1) is 13.5. The summed E-state index contributed by atoms with van der Waals surface area (Å²) < 4.78 is 36.8. The molecule has 1 amide bonds. The van der Waals surface area contributed by atoms with E-state index in [0.29, 0.717) is 12.1 Å². The molecule has 3 nitrogen and oxygen atoms in total. The summed E-state index contributed by atoms with van der Waals surface area (Å²) in [5.41, 5.74) is -0.250. The van der Waals surface area contributed by atoms with Crippen LogP contribution in [0.5, 0.6) is 0 Å². The van der Waals surface area contributed by atoms with E-state index in [1.807, 2.05) is 0 Å². The number of aromatic nitrogens is 1. The molecule has 1 heterocycles. The quantitative estimate of drug-likeness (QED) is 0.889. The van der Waals surface area contributed by atoms with E-state index in [1.165, 1.54) is 19.2 Å². The number of halogens is 3. The Morgan fingerprint density at radius 1 is 1.47 bits per heavy atom. The van der Waals surface area contributed by atoms with E-state index < -0.39 is 11.9 Å². The summed E-state index contributed by atoms with van der Waals surface area (Å²) in [4.78, 5) is 14.1. The number of alkyl halides is 3. The summed E-state index contributed by atoms with van der Waals surface area (Å²) in [6.07, 6.45) is -3.23. The van der Waals surface area contributed by atoms with Crippen molar-refractivity contribution in [2.75, 3.05) is 6.54 Å². The molecule has 1 aromatic rings. The molecule has 1 aromatic heterocycles. The standard InChI is InChI=1S/C11H13F3N2O/c1-7(5-15-8(2)17)9-3-4-10(16-6-9)11(12,13)14/h3-4,6-7H,5H2,1-2H3,(H,15,17). The van der Waals surface area contributed by atoms with Crippen LogP contribution < -0.4 is 5.32 Å². The summed E-state index contributed by atoms with van der Waals surface area (Å²) >= 11 is 0. The topological polar surface area (TPSA) is 42.0 Å². The zero-order chi connectivity index (χ0) is 13.1. The van der Waals surface area contributed by atoms with Crippen molar-refractivity contribution < 1.29 is 18.0 Å². The Bertz CT molecular complexity index is 387. The van der Waals surface area contributed by atoms with Crippen LogP contribution in [-0.2, 0) is 11.0 Å². The van der Waals surface area contributed by atoms with E-state index in [9.17, 15) is 18.0 Å². The third-order valence-corrected chi connectivity index (χ3v) is 2.30. The van der Waals surface area contributed by atoms with Gasteiger partial charge in [0, 0.05) is 19.7 Å². The van der Waals surface area contributed by atoms with Crippen LogP contribution in [0.15, 0.2) is 18.3 Å². The lowest BCUT2D eigenvalue weighted by molar-refractivity contribution is -0.141. The summed E-state index contributed by atoms with van der Waals surface area (Å²) in [5.74, 6) is -0.245. The Morgan fingerprint density at radius 3 is 2.53 bits per heavy atom. The summed E-state index contributed by atoms with van der Waals surface area (Å²) in [6, 6.07) is 2.32. The minimum absolute atomic E-state index is 0.0753. The zero-order valence-corrected chi connectivity index (χ0v) is 9.51. The molecule has 0 aliphatic rings. The Morgan fingerprint density at radius 2 is 2.12 bits per heavy atom. The summed E-state index contributed by atoms with van der Waals surface area (Å²) in [7, 11) is 0. The molecule has 0 radical (unpaired) electrons. The molecule has 1 N–H and O–H groups in total. The fraction of sp³-hybridized carbons (Fsp3) is 0.455. The minimum Gasteiger partial charge on any atom is -0.356 e. The van der Waals surface area contributed by atoms with Crippen LogP contribution in [0.4, 0.5) is 13.2 Å². The monoisotopic (exact) mass is 246 g/mol. The van der Waals surface area contributed by atoms with Gasteiger partial charge in [-0.2, -0.15) is 13.2 Å². The number of amides is 1. The highest BCUT2D eigenvalue weighted by molar-refractivity contribution is 5.72. The summed E-state index contributed by atoms with van der Waals surface area (Å²) in [5, 5.41) is 2.60. The minimum atomic E-state index is -4.42. The van der Waals surface area contributed by atoms with E-state index in [2.05, 4.69) is 10.3 Å². The van der Waals surface area contributed by atoms with E-state index in [4.69, 9.17) is 0 Å². The second-order valence-corrected chi connectivity index (χ2v) is 3.81. The molecule has 0 saturated heterocycles. The SMILES string of the molecule is CC(=O)NCC(C)c1ccc(C(F)(F)F)nc1. The van der Waals surface area contributed by atoms with Crippen molar-refractivity contribution in [1.29, 1.82) is 0 Å². The Labute approximate surface area is 97.0 Å². The van der Waals surface area contributed by atoms with Crippen molar-refractivity contribution in [3.8, 4) is 0 Å². The Hall–Kier alpha value is -1.59. The third kappa shape index (κ3) is 4.05. The average Bonchev–Trinajstić information content (AvgIpc) is 2.25. The van der Waals surface area contributed by atoms with Gasteiger partial charge in [0.25, 0.3) is 0 Å². The second-order valence-electron chi connectivity index (χ2n) is 3.81. The lowest BCUT2D eigenvalue weighted by Gasteiger charge is -2.13. The van der Waals surface area contributed by atoms with E-state index >= 15 is 0 Å². The first-order chi connectivity index (χ1) is 7.80. The van der Waals surface area contributed by atoms with Crippen molar-refractivity contribution >= 4 is 5.91 Å². The van der Waals surface area contributed by atoms with Gasteiger partial charge in [0.1, 0.15) is 5.69 Å². The molecule has 0 saturated carbocycles. The number of nitrogens with one attached hydrogen (secondary N) is 1. The van der Waals surface area contributed by atoms with Crippen molar-refractivity contribution in [2.45, 2.75) is 25.9 Å². The first-order valence-electron chi connectivity index (χ1n) is 5.08. The molecule has 0 aliphatic heterocycles. The van der Waals surface area contributed by atoms with Crippen LogP contribution >= 0.6 is 0 Å². The number of carbonyl (C=O) groups is 1. The van der Waals surface area contributed by atoms with Crippen LogP contribution in [-0.4, -0.2) is 17.4 Å². The normalized spacial score (nSPS) is 13.2. The smallest absolute Gasteiger partial charge is 0.356 e. The van der Waals surface area contributed by atoms with Gasteiger partial charge < -0.3 is 5.32 Å². The van der Waals surface area contributed by atoms with E-state index in [1.54, 1.807) is 6.92 Å². The van der Waals surface area contributed by atoms with Gasteiger partial charge in [-0.1, -0.05) is 13.0 Å². The van der Waals surface area contributed by atoms with Gasteiger partial charge in [0.05, 0.1) is 0 Å². The van der Waals surface area contributed by atoms with Crippen LogP contribution in [0.3, 0.4) is 0 Å². The fourth-order valence-electron chi connectivity index (χ4n) is 1.28. The lowest BCUT2D eigenvalue weighted by Crippen LogP contribution is -2.24. The number of pyridine rings is 1. The van der Waals surface area contributed by atoms with Crippen LogP contribution in [0.1, 0.15) is 31.0 Å². The molecular weight excluding hydrogens is 233 g/mol. The Balaban J connectivity index is 2.70. The zero-order valence-electron chi connectivity index (χ0n) is 9.51. The molecule has 94 valence electrons. The lowest BCUT2D eigenvalue weighted by atomic mass is 10.0. The molecule has 6 heteroatoms. The maximum Gasteiger partial charge on any atom is 0.433 e. The van der Waals surface area contributed by atoms with Crippen LogP contribution in [0.2, 0.25) is 0 Å².